The molecule has 0 spiro atoms. The fraction of sp³-hybridized carbons (Fsp3) is 0.636. The van der Waals surface area contributed by atoms with Crippen molar-refractivity contribution in [1.82, 2.24) is 5.43 Å². The molecule has 3 N–H and O–H groups in total. The second kappa shape index (κ2) is 6.18. The molecular formula is C11H20N2O3S. The molecule has 0 saturated heterocycles. The Labute approximate surface area is 102 Å². The number of rotatable bonds is 7. The van der Waals surface area contributed by atoms with Gasteiger partial charge in [-0.15, -0.1) is 0 Å². The lowest BCUT2D eigenvalue weighted by molar-refractivity contribution is 0.471. The van der Waals surface area contributed by atoms with Crippen LogP contribution in [0.4, 0.5) is 0 Å². The van der Waals surface area contributed by atoms with Gasteiger partial charge in [0.1, 0.15) is 15.6 Å². The molecule has 0 aromatic carbocycles. The standard InChI is InChI=1S/C11H20N2O3S/c1-3-11-9(6-7-16-11)10(13-12)5-4-8-17(2,14)15/h6-7,10,13H,3-5,8,12H2,1-2H3. The SMILES string of the molecule is CCc1occc1C(CCCS(C)(=O)=O)NN. The van der Waals surface area contributed by atoms with E-state index in [1.165, 1.54) is 6.26 Å². The van der Waals surface area contributed by atoms with E-state index in [9.17, 15) is 8.42 Å². The van der Waals surface area contributed by atoms with Gasteiger partial charge in [-0.1, -0.05) is 6.92 Å². The predicted molar refractivity (Wildman–Crippen MR) is 67.1 cm³/mol. The molecule has 0 aliphatic carbocycles. The van der Waals surface area contributed by atoms with Crippen molar-refractivity contribution in [3.05, 3.63) is 23.7 Å². The fourth-order valence-corrected chi connectivity index (χ4v) is 2.52. The van der Waals surface area contributed by atoms with Crippen LogP contribution in [-0.4, -0.2) is 20.4 Å². The van der Waals surface area contributed by atoms with Crippen LogP contribution in [0.5, 0.6) is 0 Å². The Bertz CT molecular complexity index is 439. The third-order valence-corrected chi connectivity index (χ3v) is 3.72. The third-order valence-electron chi connectivity index (χ3n) is 2.69. The monoisotopic (exact) mass is 260 g/mol. The summed E-state index contributed by atoms with van der Waals surface area (Å²) >= 11 is 0. The van der Waals surface area contributed by atoms with E-state index in [1.54, 1.807) is 6.26 Å². The van der Waals surface area contributed by atoms with Crippen molar-refractivity contribution >= 4 is 9.84 Å². The number of aryl methyl sites for hydroxylation is 1. The first-order valence-corrected chi connectivity index (χ1v) is 7.74. The van der Waals surface area contributed by atoms with Gasteiger partial charge in [0.2, 0.25) is 0 Å². The van der Waals surface area contributed by atoms with E-state index < -0.39 is 9.84 Å². The first kappa shape index (κ1) is 14.2. The van der Waals surface area contributed by atoms with Crippen molar-refractivity contribution in [2.45, 2.75) is 32.2 Å². The molecule has 0 radical (unpaired) electrons. The Morgan fingerprint density at radius 3 is 2.76 bits per heavy atom. The Morgan fingerprint density at radius 2 is 2.24 bits per heavy atom. The van der Waals surface area contributed by atoms with Crippen molar-refractivity contribution < 1.29 is 12.8 Å². The van der Waals surface area contributed by atoms with Gasteiger partial charge in [-0.2, -0.15) is 0 Å². The van der Waals surface area contributed by atoms with Crippen LogP contribution in [-0.2, 0) is 16.3 Å². The molecule has 0 aliphatic heterocycles. The van der Waals surface area contributed by atoms with E-state index in [0.29, 0.717) is 12.8 Å². The average Bonchev–Trinajstić information content (AvgIpc) is 2.70. The summed E-state index contributed by atoms with van der Waals surface area (Å²) in [5.41, 5.74) is 3.73. The van der Waals surface area contributed by atoms with Crippen LogP contribution in [0.3, 0.4) is 0 Å². The van der Waals surface area contributed by atoms with Crippen molar-refractivity contribution in [3.8, 4) is 0 Å². The highest BCUT2D eigenvalue weighted by atomic mass is 32.2. The Morgan fingerprint density at radius 1 is 1.53 bits per heavy atom. The molecular weight excluding hydrogens is 240 g/mol. The van der Waals surface area contributed by atoms with Gasteiger partial charge in [0, 0.05) is 30.0 Å². The van der Waals surface area contributed by atoms with Crippen LogP contribution in [0, 0.1) is 0 Å². The van der Waals surface area contributed by atoms with Crippen LogP contribution in [0.15, 0.2) is 16.7 Å². The van der Waals surface area contributed by atoms with Crippen LogP contribution >= 0.6 is 0 Å². The summed E-state index contributed by atoms with van der Waals surface area (Å²) in [5.74, 6) is 6.58. The average molecular weight is 260 g/mol. The minimum Gasteiger partial charge on any atom is -0.469 e. The van der Waals surface area contributed by atoms with Gasteiger partial charge in [-0.25, -0.2) is 8.42 Å². The van der Waals surface area contributed by atoms with Crippen LogP contribution in [0.2, 0.25) is 0 Å². The molecule has 17 heavy (non-hydrogen) atoms. The molecule has 6 heteroatoms. The summed E-state index contributed by atoms with van der Waals surface area (Å²) in [7, 11) is -2.90. The summed E-state index contributed by atoms with van der Waals surface area (Å²) in [6.07, 6.45) is 4.94. The molecule has 1 rings (SSSR count). The predicted octanol–water partition coefficient (Wildman–Crippen LogP) is 1.17. The van der Waals surface area contributed by atoms with Gasteiger partial charge in [-0.3, -0.25) is 11.3 Å². The molecule has 1 aromatic rings. The summed E-state index contributed by atoms with van der Waals surface area (Å²) in [4.78, 5) is 0. The zero-order valence-electron chi connectivity index (χ0n) is 10.3. The van der Waals surface area contributed by atoms with Crippen molar-refractivity contribution in [2.75, 3.05) is 12.0 Å². The fourth-order valence-electron chi connectivity index (χ4n) is 1.83. The minimum atomic E-state index is -2.90. The number of hydrogen-bond acceptors (Lipinski definition) is 5. The number of furan rings is 1. The molecule has 1 atom stereocenters. The molecule has 98 valence electrons. The molecule has 1 heterocycles. The zero-order valence-corrected chi connectivity index (χ0v) is 11.1. The lowest BCUT2D eigenvalue weighted by atomic mass is 10.0. The van der Waals surface area contributed by atoms with Crippen molar-refractivity contribution in [3.63, 3.8) is 0 Å². The number of nitrogens with one attached hydrogen (secondary N) is 1. The number of sulfone groups is 1. The van der Waals surface area contributed by atoms with E-state index in [2.05, 4.69) is 5.43 Å². The van der Waals surface area contributed by atoms with Gasteiger partial charge in [0.15, 0.2) is 0 Å². The molecule has 0 bridgehead atoms. The van der Waals surface area contributed by atoms with Crippen LogP contribution in [0.1, 0.15) is 37.1 Å². The molecule has 0 aliphatic rings. The van der Waals surface area contributed by atoms with Crippen molar-refractivity contribution in [2.24, 2.45) is 5.84 Å². The topological polar surface area (TPSA) is 85.3 Å². The molecule has 0 saturated carbocycles. The smallest absolute Gasteiger partial charge is 0.147 e. The normalized spacial score (nSPS) is 13.8. The summed E-state index contributed by atoms with van der Waals surface area (Å²) < 4.78 is 27.4. The van der Waals surface area contributed by atoms with Crippen molar-refractivity contribution in [1.29, 1.82) is 0 Å². The second-order valence-electron chi connectivity index (χ2n) is 4.14. The zero-order chi connectivity index (χ0) is 12.9. The quantitative estimate of drug-likeness (QED) is 0.568. The largest absolute Gasteiger partial charge is 0.469 e. The minimum absolute atomic E-state index is 0.0505. The summed E-state index contributed by atoms with van der Waals surface area (Å²) in [6.45, 7) is 2.01. The molecule has 1 aromatic heterocycles. The maximum atomic E-state index is 11.0. The number of nitrogens with two attached hydrogens (primary N) is 1. The van der Waals surface area contributed by atoms with Crippen LogP contribution in [0.25, 0.3) is 0 Å². The Kier molecular flexibility index (Phi) is 5.17. The van der Waals surface area contributed by atoms with Gasteiger partial charge in [-0.05, 0) is 18.9 Å². The third kappa shape index (κ3) is 4.49. The van der Waals surface area contributed by atoms with E-state index in [0.717, 1.165) is 17.7 Å². The van der Waals surface area contributed by atoms with E-state index >= 15 is 0 Å². The molecule has 1 unspecified atom stereocenters. The molecule has 5 nitrogen and oxygen atoms in total. The highest BCUT2D eigenvalue weighted by Crippen LogP contribution is 2.23. The van der Waals surface area contributed by atoms with E-state index in [-0.39, 0.29) is 11.8 Å². The van der Waals surface area contributed by atoms with Gasteiger partial charge >= 0.3 is 0 Å². The maximum Gasteiger partial charge on any atom is 0.147 e. The number of hydrogen-bond donors (Lipinski definition) is 2. The Hall–Kier alpha value is -0.850. The summed E-state index contributed by atoms with van der Waals surface area (Å²) in [5, 5.41) is 0. The second-order valence-corrected chi connectivity index (χ2v) is 6.40. The van der Waals surface area contributed by atoms with Gasteiger partial charge in [0.25, 0.3) is 0 Å². The summed E-state index contributed by atoms with van der Waals surface area (Å²) in [6, 6.07) is 1.83. The van der Waals surface area contributed by atoms with E-state index in [1.807, 2.05) is 13.0 Å². The van der Waals surface area contributed by atoms with Gasteiger partial charge < -0.3 is 4.42 Å². The number of hydrazine groups is 1. The first-order valence-electron chi connectivity index (χ1n) is 5.68. The lowest BCUT2D eigenvalue weighted by Gasteiger charge is -2.15. The molecule has 0 amide bonds. The highest BCUT2D eigenvalue weighted by molar-refractivity contribution is 7.90. The van der Waals surface area contributed by atoms with E-state index in [4.69, 9.17) is 10.3 Å². The Balaban J connectivity index is 2.60. The van der Waals surface area contributed by atoms with Gasteiger partial charge in [0.05, 0.1) is 6.26 Å². The first-order chi connectivity index (χ1) is 7.98. The lowest BCUT2D eigenvalue weighted by Crippen LogP contribution is -2.28. The molecule has 0 fully saturated rings. The maximum absolute atomic E-state index is 11.0. The highest BCUT2D eigenvalue weighted by Gasteiger charge is 2.16. The van der Waals surface area contributed by atoms with Crippen LogP contribution < -0.4 is 11.3 Å².